The molecule has 2 aromatic carbocycles. The summed E-state index contributed by atoms with van der Waals surface area (Å²) in [5, 5.41) is 5.19. The quantitative estimate of drug-likeness (QED) is 0.651. The van der Waals surface area contributed by atoms with Crippen LogP contribution in [0.2, 0.25) is 5.02 Å². The second-order valence-electron chi connectivity index (χ2n) is 5.37. The standard InChI is InChI=1S/C18H13ClF2N2O2S/c1-10(25-13-5-3-12(19)4-6-13)17(24)23-18-22-16(9-26-18)11-2-7-14(20)15(21)8-11/h2-10H,1H3,(H,22,23,24)/t10-/m1/s1. The van der Waals surface area contributed by atoms with Crippen molar-refractivity contribution in [1.82, 2.24) is 4.98 Å². The van der Waals surface area contributed by atoms with Gasteiger partial charge in [-0.3, -0.25) is 10.1 Å². The van der Waals surface area contributed by atoms with Crippen LogP contribution in [0.1, 0.15) is 6.92 Å². The first-order chi connectivity index (χ1) is 12.4. The van der Waals surface area contributed by atoms with Crippen molar-refractivity contribution < 1.29 is 18.3 Å². The minimum absolute atomic E-state index is 0.335. The van der Waals surface area contributed by atoms with Crippen LogP contribution in [0, 0.1) is 11.6 Å². The molecule has 3 rings (SSSR count). The molecule has 0 spiro atoms. The number of amides is 1. The summed E-state index contributed by atoms with van der Waals surface area (Å²) in [6.45, 7) is 1.60. The summed E-state index contributed by atoms with van der Waals surface area (Å²) in [6, 6.07) is 10.2. The van der Waals surface area contributed by atoms with Crippen molar-refractivity contribution in [2.24, 2.45) is 0 Å². The minimum Gasteiger partial charge on any atom is -0.481 e. The Hall–Kier alpha value is -2.51. The SMILES string of the molecule is C[C@@H](Oc1ccc(Cl)cc1)C(=O)Nc1nc(-c2ccc(F)c(F)c2)cs1. The Bertz CT molecular complexity index is 931. The molecule has 1 aromatic heterocycles. The fraction of sp³-hybridized carbons (Fsp3) is 0.111. The molecule has 4 nitrogen and oxygen atoms in total. The second kappa shape index (κ2) is 7.80. The molecule has 0 bridgehead atoms. The van der Waals surface area contributed by atoms with Crippen molar-refractivity contribution in [2.75, 3.05) is 5.32 Å². The lowest BCUT2D eigenvalue weighted by Gasteiger charge is -2.13. The molecule has 1 atom stereocenters. The Morgan fingerprint density at radius 1 is 1.19 bits per heavy atom. The van der Waals surface area contributed by atoms with Crippen molar-refractivity contribution in [3.63, 3.8) is 0 Å². The maximum Gasteiger partial charge on any atom is 0.266 e. The van der Waals surface area contributed by atoms with Gasteiger partial charge in [-0.05, 0) is 49.4 Å². The lowest BCUT2D eigenvalue weighted by Crippen LogP contribution is -2.30. The van der Waals surface area contributed by atoms with Gasteiger partial charge in [0.05, 0.1) is 5.69 Å². The number of hydrogen-bond acceptors (Lipinski definition) is 4. The van der Waals surface area contributed by atoms with E-state index in [1.165, 1.54) is 17.4 Å². The number of aromatic nitrogens is 1. The number of hydrogen-bond donors (Lipinski definition) is 1. The number of carbonyl (C=O) groups is 1. The number of ether oxygens (including phenoxy) is 1. The van der Waals surface area contributed by atoms with E-state index in [2.05, 4.69) is 10.3 Å². The number of nitrogens with zero attached hydrogens (tertiary/aromatic N) is 1. The first kappa shape index (κ1) is 18.3. The highest BCUT2D eigenvalue weighted by Crippen LogP contribution is 2.26. The molecule has 1 N–H and O–H groups in total. The van der Waals surface area contributed by atoms with Crippen molar-refractivity contribution in [3.8, 4) is 17.0 Å². The zero-order valence-electron chi connectivity index (χ0n) is 13.5. The molecule has 0 saturated carbocycles. The van der Waals surface area contributed by atoms with Gasteiger partial charge >= 0.3 is 0 Å². The molecule has 0 saturated heterocycles. The fourth-order valence-corrected chi connectivity index (χ4v) is 2.95. The molecule has 1 heterocycles. The first-order valence-electron chi connectivity index (χ1n) is 7.56. The average molecular weight is 395 g/mol. The third-order valence-corrected chi connectivity index (χ3v) is 4.46. The number of carbonyl (C=O) groups excluding carboxylic acids is 1. The number of rotatable bonds is 5. The van der Waals surface area contributed by atoms with Gasteiger partial charge in [0, 0.05) is 16.0 Å². The molecule has 0 aliphatic rings. The van der Waals surface area contributed by atoms with E-state index in [-0.39, 0.29) is 5.91 Å². The normalized spacial score (nSPS) is 11.8. The van der Waals surface area contributed by atoms with E-state index in [9.17, 15) is 13.6 Å². The number of thiazole rings is 1. The Balaban J connectivity index is 1.65. The van der Waals surface area contributed by atoms with Gasteiger partial charge in [-0.15, -0.1) is 11.3 Å². The van der Waals surface area contributed by atoms with Crippen LogP contribution in [0.4, 0.5) is 13.9 Å². The largest absolute Gasteiger partial charge is 0.481 e. The van der Waals surface area contributed by atoms with Crippen LogP contribution >= 0.6 is 22.9 Å². The van der Waals surface area contributed by atoms with Crippen molar-refractivity contribution in [1.29, 1.82) is 0 Å². The molecule has 0 radical (unpaired) electrons. The van der Waals surface area contributed by atoms with Crippen molar-refractivity contribution >= 4 is 34.0 Å². The zero-order valence-corrected chi connectivity index (χ0v) is 15.1. The molecule has 1 amide bonds. The molecular formula is C18H13ClF2N2O2S. The molecular weight excluding hydrogens is 382 g/mol. The summed E-state index contributed by atoms with van der Waals surface area (Å²) in [6.07, 6.45) is -0.758. The van der Waals surface area contributed by atoms with Gasteiger partial charge in [-0.1, -0.05) is 11.6 Å². The van der Waals surface area contributed by atoms with Gasteiger partial charge in [0.25, 0.3) is 5.91 Å². The van der Waals surface area contributed by atoms with Gasteiger partial charge in [0.1, 0.15) is 5.75 Å². The zero-order chi connectivity index (χ0) is 18.7. The van der Waals surface area contributed by atoms with Crippen LogP contribution in [0.15, 0.2) is 47.8 Å². The highest BCUT2D eigenvalue weighted by molar-refractivity contribution is 7.14. The summed E-state index contributed by atoms with van der Waals surface area (Å²) < 4.78 is 31.9. The van der Waals surface area contributed by atoms with Gasteiger partial charge in [0.15, 0.2) is 22.9 Å². The maximum atomic E-state index is 13.3. The number of benzene rings is 2. The van der Waals surface area contributed by atoms with Crippen LogP contribution in [0.5, 0.6) is 5.75 Å². The van der Waals surface area contributed by atoms with Crippen LogP contribution in [0.25, 0.3) is 11.3 Å². The predicted molar refractivity (Wildman–Crippen MR) is 97.6 cm³/mol. The Morgan fingerprint density at radius 3 is 2.62 bits per heavy atom. The topological polar surface area (TPSA) is 51.2 Å². The molecule has 3 aromatic rings. The number of anilines is 1. The van der Waals surface area contributed by atoms with Crippen molar-refractivity contribution in [2.45, 2.75) is 13.0 Å². The van der Waals surface area contributed by atoms with E-state index in [1.807, 2.05) is 0 Å². The lowest BCUT2D eigenvalue weighted by atomic mass is 10.2. The highest BCUT2D eigenvalue weighted by Gasteiger charge is 2.17. The van der Waals surface area contributed by atoms with Crippen LogP contribution in [0.3, 0.4) is 0 Å². The molecule has 26 heavy (non-hydrogen) atoms. The molecule has 134 valence electrons. The Kier molecular flexibility index (Phi) is 5.49. The smallest absolute Gasteiger partial charge is 0.266 e. The van der Waals surface area contributed by atoms with Gasteiger partial charge in [-0.25, -0.2) is 13.8 Å². The Morgan fingerprint density at radius 2 is 1.92 bits per heavy atom. The third kappa shape index (κ3) is 4.36. The summed E-state index contributed by atoms with van der Waals surface area (Å²) >= 11 is 6.98. The summed E-state index contributed by atoms with van der Waals surface area (Å²) in [5.74, 6) is -1.75. The second-order valence-corrected chi connectivity index (χ2v) is 6.66. The van der Waals surface area contributed by atoms with E-state index >= 15 is 0 Å². The van der Waals surface area contributed by atoms with E-state index in [1.54, 1.807) is 36.6 Å². The van der Waals surface area contributed by atoms with E-state index < -0.39 is 17.7 Å². The Labute approximate surface area is 157 Å². The monoisotopic (exact) mass is 394 g/mol. The average Bonchev–Trinajstić information content (AvgIpc) is 3.07. The summed E-state index contributed by atoms with van der Waals surface area (Å²) in [5.41, 5.74) is 0.863. The van der Waals surface area contributed by atoms with Gasteiger partial charge in [0.2, 0.25) is 0 Å². The molecule has 0 fully saturated rings. The van der Waals surface area contributed by atoms with E-state index in [0.717, 1.165) is 12.1 Å². The molecule has 0 aliphatic carbocycles. The van der Waals surface area contributed by atoms with Crippen LogP contribution in [-0.2, 0) is 4.79 Å². The molecule has 0 unspecified atom stereocenters. The third-order valence-electron chi connectivity index (χ3n) is 3.45. The maximum absolute atomic E-state index is 13.3. The summed E-state index contributed by atoms with van der Waals surface area (Å²) in [4.78, 5) is 16.4. The van der Waals surface area contributed by atoms with E-state index in [0.29, 0.717) is 27.2 Å². The van der Waals surface area contributed by atoms with Crippen LogP contribution < -0.4 is 10.1 Å². The number of halogens is 3. The van der Waals surface area contributed by atoms with Crippen LogP contribution in [-0.4, -0.2) is 17.0 Å². The van der Waals surface area contributed by atoms with Crippen molar-refractivity contribution in [3.05, 3.63) is 64.5 Å². The van der Waals surface area contributed by atoms with Gasteiger partial charge in [-0.2, -0.15) is 0 Å². The van der Waals surface area contributed by atoms with E-state index in [4.69, 9.17) is 16.3 Å². The molecule has 8 heteroatoms. The molecule has 0 aliphatic heterocycles. The fourth-order valence-electron chi connectivity index (χ4n) is 2.10. The first-order valence-corrected chi connectivity index (χ1v) is 8.82. The summed E-state index contributed by atoms with van der Waals surface area (Å²) in [7, 11) is 0. The highest BCUT2D eigenvalue weighted by atomic mass is 35.5. The predicted octanol–water partition coefficient (Wildman–Crippen LogP) is 5.15. The van der Waals surface area contributed by atoms with Gasteiger partial charge < -0.3 is 4.74 Å². The lowest BCUT2D eigenvalue weighted by molar-refractivity contribution is -0.122. The minimum atomic E-state index is -0.953. The number of nitrogens with one attached hydrogen (secondary N) is 1.